The Kier molecular flexibility index (Phi) is 5.65. The van der Waals surface area contributed by atoms with Crippen molar-refractivity contribution in [2.75, 3.05) is 32.8 Å². The van der Waals surface area contributed by atoms with Crippen LogP contribution in [0.1, 0.15) is 18.4 Å². The summed E-state index contributed by atoms with van der Waals surface area (Å²) in [5.41, 5.74) is 1.08. The summed E-state index contributed by atoms with van der Waals surface area (Å²) in [5, 5.41) is 2.69. The van der Waals surface area contributed by atoms with Gasteiger partial charge in [0.1, 0.15) is 6.04 Å². The van der Waals surface area contributed by atoms with E-state index in [0.29, 0.717) is 45.7 Å². The second-order valence-electron chi connectivity index (χ2n) is 6.26. The Morgan fingerprint density at radius 2 is 1.88 bits per heavy atom. The molecule has 0 spiro atoms. The molecule has 3 rings (SSSR count). The van der Waals surface area contributed by atoms with Gasteiger partial charge in [-0.1, -0.05) is 30.3 Å². The first kappa shape index (κ1) is 17.4. The van der Waals surface area contributed by atoms with E-state index in [2.05, 4.69) is 5.32 Å². The lowest BCUT2D eigenvalue weighted by atomic mass is 10.1. The number of nitrogens with one attached hydrogen (secondary N) is 1. The molecule has 2 fully saturated rings. The fourth-order valence-electron chi connectivity index (χ4n) is 3.11. The fourth-order valence-corrected chi connectivity index (χ4v) is 3.11. The van der Waals surface area contributed by atoms with Gasteiger partial charge < -0.3 is 15.0 Å². The molecule has 1 unspecified atom stereocenters. The molecule has 0 saturated carbocycles. The van der Waals surface area contributed by atoms with Crippen LogP contribution >= 0.6 is 0 Å². The van der Waals surface area contributed by atoms with Crippen LogP contribution in [-0.4, -0.2) is 66.5 Å². The van der Waals surface area contributed by atoms with Gasteiger partial charge in [-0.15, -0.1) is 0 Å². The van der Waals surface area contributed by atoms with Crippen LogP contribution in [0.3, 0.4) is 0 Å². The van der Waals surface area contributed by atoms with Crippen LogP contribution in [0.15, 0.2) is 30.3 Å². The van der Waals surface area contributed by atoms with Crippen LogP contribution in [-0.2, 0) is 20.7 Å². The fraction of sp³-hybridized carbons (Fsp3) is 0.500. The Morgan fingerprint density at radius 3 is 2.60 bits per heavy atom. The second kappa shape index (κ2) is 8.11. The summed E-state index contributed by atoms with van der Waals surface area (Å²) >= 11 is 0. The van der Waals surface area contributed by atoms with Crippen molar-refractivity contribution in [3.63, 3.8) is 0 Å². The summed E-state index contributed by atoms with van der Waals surface area (Å²) < 4.78 is 5.22. The van der Waals surface area contributed by atoms with Crippen LogP contribution in [0.2, 0.25) is 0 Å². The molecule has 0 bridgehead atoms. The molecule has 0 radical (unpaired) electrons. The van der Waals surface area contributed by atoms with Gasteiger partial charge in [-0.2, -0.15) is 0 Å². The lowest BCUT2D eigenvalue weighted by Gasteiger charge is -2.27. The van der Waals surface area contributed by atoms with Gasteiger partial charge in [0.05, 0.1) is 13.2 Å². The molecular weight excluding hydrogens is 322 g/mol. The highest BCUT2D eigenvalue weighted by molar-refractivity contribution is 6.04. The minimum Gasteiger partial charge on any atom is -0.378 e. The standard InChI is InChI=1S/C18H23N3O4/c22-16(20-10-12-25-13-11-20)7-6-15-17(23)21(18(24)19-15)9-8-14-4-2-1-3-5-14/h1-5,15H,6-13H2,(H,19,24). The molecule has 7 heteroatoms. The lowest BCUT2D eigenvalue weighted by Crippen LogP contribution is -2.41. The third kappa shape index (κ3) is 4.36. The molecule has 2 aliphatic rings. The summed E-state index contributed by atoms with van der Waals surface area (Å²) in [7, 11) is 0. The average Bonchev–Trinajstić information content (AvgIpc) is 2.93. The second-order valence-corrected chi connectivity index (χ2v) is 6.26. The highest BCUT2D eigenvalue weighted by Crippen LogP contribution is 2.14. The highest BCUT2D eigenvalue weighted by atomic mass is 16.5. The first-order chi connectivity index (χ1) is 12.1. The molecule has 7 nitrogen and oxygen atoms in total. The van der Waals surface area contributed by atoms with Gasteiger partial charge in [-0.05, 0) is 18.4 Å². The summed E-state index contributed by atoms with van der Waals surface area (Å²) in [4.78, 5) is 39.6. The van der Waals surface area contributed by atoms with Gasteiger partial charge >= 0.3 is 6.03 Å². The van der Waals surface area contributed by atoms with Crippen molar-refractivity contribution >= 4 is 17.8 Å². The number of rotatable bonds is 6. The predicted octanol–water partition coefficient (Wildman–Crippen LogP) is 0.788. The number of carbonyl (C=O) groups excluding carboxylic acids is 3. The first-order valence-electron chi connectivity index (χ1n) is 8.66. The van der Waals surface area contributed by atoms with Gasteiger partial charge in [0, 0.05) is 26.1 Å². The Hall–Kier alpha value is -2.41. The molecule has 2 saturated heterocycles. The minimum atomic E-state index is -0.603. The van der Waals surface area contributed by atoms with Gasteiger partial charge in [-0.3, -0.25) is 14.5 Å². The molecule has 25 heavy (non-hydrogen) atoms. The van der Waals surface area contributed by atoms with E-state index in [0.717, 1.165) is 5.56 Å². The van der Waals surface area contributed by atoms with Gasteiger partial charge in [-0.25, -0.2) is 4.79 Å². The van der Waals surface area contributed by atoms with Crippen LogP contribution in [0.5, 0.6) is 0 Å². The zero-order chi connectivity index (χ0) is 17.6. The Morgan fingerprint density at radius 1 is 1.16 bits per heavy atom. The molecule has 2 aliphatic heterocycles. The monoisotopic (exact) mass is 345 g/mol. The quantitative estimate of drug-likeness (QED) is 0.773. The zero-order valence-corrected chi connectivity index (χ0v) is 14.1. The number of hydrogen-bond donors (Lipinski definition) is 1. The lowest BCUT2D eigenvalue weighted by molar-refractivity contribution is -0.135. The number of nitrogens with zero attached hydrogens (tertiary/aromatic N) is 2. The van der Waals surface area contributed by atoms with E-state index in [-0.39, 0.29) is 24.3 Å². The number of benzene rings is 1. The normalized spacial score (nSPS) is 20.7. The van der Waals surface area contributed by atoms with Gasteiger partial charge in [0.25, 0.3) is 5.91 Å². The summed E-state index contributed by atoms with van der Waals surface area (Å²) in [5.74, 6) is -0.233. The van der Waals surface area contributed by atoms with E-state index in [9.17, 15) is 14.4 Å². The number of morpholine rings is 1. The molecule has 4 amide bonds. The van der Waals surface area contributed by atoms with E-state index >= 15 is 0 Å². The molecule has 134 valence electrons. The van der Waals surface area contributed by atoms with E-state index in [1.807, 2.05) is 30.3 Å². The summed E-state index contributed by atoms with van der Waals surface area (Å²) in [6.07, 6.45) is 1.21. The van der Waals surface area contributed by atoms with Crippen LogP contribution in [0.25, 0.3) is 0 Å². The molecule has 0 aromatic heterocycles. The molecule has 2 heterocycles. The van der Waals surface area contributed by atoms with Crippen LogP contribution in [0, 0.1) is 0 Å². The van der Waals surface area contributed by atoms with Crippen molar-refractivity contribution in [2.45, 2.75) is 25.3 Å². The summed E-state index contributed by atoms with van der Waals surface area (Å²) in [6, 6.07) is 8.76. The van der Waals surface area contributed by atoms with Crippen molar-refractivity contribution in [3.8, 4) is 0 Å². The SMILES string of the molecule is O=C(CCC1NC(=O)N(CCc2ccccc2)C1=O)N1CCOCC1. The van der Waals surface area contributed by atoms with Crippen LogP contribution < -0.4 is 5.32 Å². The average molecular weight is 345 g/mol. The van der Waals surface area contributed by atoms with Crippen molar-refractivity contribution in [3.05, 3.63) is 35.9 Å². The minimum absolute atomic E-state index is 0.00749. The molecule has 1 atom stereocenters. The van der Waals surface area contributed by atoms with E-state index in [1.54, 1.807) is 4.90 Å². The largest absolute Gasteiger partial charge is 0.378 e. The predicted molar refractivity (Wildman–Crippen MR) is 90.8 cm³/mol. The number of ether oxygens (including phenoxy) is 1. The molecular formula is C18H23N3O4. The van der Waals surface area contributed by atoms with E-state index in [4.69, 9.17) is 4.74 Å². The van der Waals surface area contributed by atoms with E-state index in [1.165, 1.54) is 4.90 Å². The number of amides is 4. The van der Waals surface area contributed by atoms with Crippen molar-refractivity contribution in [2.24, 2.45) is 0 Å². The zero-order valence-electron chi connectivity index (χ0n) is 14.1. The Bertz CT molecular complexity index is 628. The van der Waals surface area contributed by atoms with Gasteiger partial charge in [0.15, 0.2) is 0 Å². The van der Waals surface area contributed by atoms with Crippen molar-refractivity contribution in [1.29, 1.82) is 0 Å². The smallest absolute Gasteiger partial charge is 0.324 e. The summed E-state index contributed by atoms with van der Waals surface area (Å²) in [6.45, 7) is 2.64. The van der Waals surface area contributed by atoms with Gasteiger partial charge in [0.2, 0.25) is 5.91 Å². The van der Waals surface area contributed by atoms with E-state index < -0.39 is 6.04 Å². The molecule has 0 aliphatic carbocycles. The highest BCUT2D eigenvalue weighted by Gasteiger charge is 2.37. The number of carbonyl (C=O) groups is 3. The maximum atomic E-state index is 12.4. The number of imide groups is 1. The number of hydrogen-bond acceptors (Lipinski definition) is 4. The number of urea groups is 1. The maximum Gasteiger partial charge on any atom is 0.324 e. The molecule has 1 aromatic carbocycles. The molecule has 1 aromatic rings. The van der Waals surface area contributed by atoms with Crippen molar-refractivity contribution < 1.29 is 19.1 Å². The first-order valence-corrected chi connectivity index (χ1v) is 8.66. The third-order valence-electron chi connectivity index (χ3n) is 4.58. The Labute approximate surface area is 146 Å². The van der Waals surface area contributed by atoms with Crippen molar-refractivity contribution in [1.82, 2.24) is 15.1 Å². The Balaban J connectivity index is 1.48. The topological polar surface area (TPSA) is 79.0 Å². The maximum absolute atomic E-state index is 12.4. The molecule has 1 N–H and O–H groups in total. The van der Waals surface area contributed by atoms with Crippen LogP contribution in [0.4, 0.5) is 4.79 Å². The third-order valence-corrected chi connectivity index (χ3v) is 4.58.